The van der Waals surface area contributed by atoms with E-state index >= 15 is 0 Å². The van der Waals surface area contributed by atoms with Crippen molar-refractivity contribution < 1.29 is 19.0 Å². The maximum absolute atomic E-state index is 12.0. The van der Waals surface area contributed by atoms with Crippen LogP contribution in [0.2, 0.25) is 0 Å². The zero-order valence-electron chi connectivity index (χ0n) is 16.6. The van der Waals surface area contributed by atoms with Gasteiger partial charge in [0.1, 0.15) is 18.5 Å². The summed E-state index contributed by atoms with van der Waals surface area (Å²) in [6, 6.07) is 0. The van der Waals surface area contributed by atoms with E-state index in [4.69, 9.17) is 14.2 Å². The Morgan fingerprint density at radius 1 is 1.00 bits per heavy atom. The highest BCUT2D eigenvalue weighted by atomic mass is 16.6. The molecule has 3 rings (SSSR count). The van der Waals surface area contributed by atoms with Gasteiger partial charge in [-0.25, -0.2) is 14.8 Å². The number of aromatic nitrogens is 2. The van der Waals surface area contributed by atoms with Gasteiger partial charge in [0.05, 0.1) is 11.7 Å². The van der Waals surface area contributed by atoms with Crippen molar-refractivity contribution in [2.24, 2.45) is 0 Å². The highest BCUT2D eigenvalue weighted by Gasteiger charge is 2.26. The zero-order chi connectivity index (χ0) is 19.2. The van der Waals surface area contributed by atoms with Gasteiger partial charge in [0.25, 0.3) is 0 Å². The smallest absolute Gasteiger partial charge is 0.410 e. The van der Waals surface area contributed by atoms with Crippen LogP contribution in [-0.2, 0) is 4.74 Å². The van der Waals surface area contributed by atoms with Crippen LogP contribution in [0.4, 0.5) is 4.79 Å². The third-order valence-corrected chi connectivity index (χ3v) is 5.14. The number of rotatable bonds is 5. The number of carbonyl (C=O) groups excluding carboxylic acids is 1. The van der Waals surface area contributed by atoms with Crippen LogP contribution in [0.5, 0.6) is 11.8 Å². The van der Waals surface area contributed by atoms with Gasteiger partial charge in [-0.15, -0.1) is 0 Å². The van der Waals surface area contributed by atoms with Crippen LogP contribution in [0.25, 0.3) is 0 Å². The maximum Gasteiger partial charge on any atom is 0.410 e. The van der Waals surface area contributed by atoms with Crippen molar-refractivity contribution in [2.75, 3.05) is 13.1 Å². The van der Waals surface area contributed by atoms with Gasteiger partial charge in [0, 0.05) is 25.9 Å². The van der Waals surface area contributed by atoms with Gasteiger partial charge >= 0.3 is 6.09 Å². The van der Waals surface area contributed by atoms with E-state index in [1.54, 1.807) is 4.90 Å². The van der Waals surface area contributed by atoms with Gasteiger partial charge in [0.15, 0.2) is 0 Å². The molecule has 1 aromatic heterocycles. The summed E-state index contributed by atoms with van der Waals surface area (Å²) < 4.78 is 17.5. The molecule has 7 nitrogen and oxygen atoms in total. The molecule has 1 saturated carbocycles. The first-order chi connectivity index (χ1) is 13.0. The maximum atomic E-state index is 12.0. The largest absolute Gasteiger partial charge is 0.474 e. The Bertz CT molecular complexity index is 624. The highest BCUT2D eigenvalue weighted by molar-refractivity contribution is 5.67. The monoisotopic (exact) mass is 377 g/mol. The lowest BCUT2D eigenvalue weighted by Gasteiger charge is -2.32. The predicted molar refractivity (Wildman–Crippen MR) is 101 cm³/mol. The Morgan fingerprint density at radius 3 is 2.11 bits per heavy atom. The molecule has 0 bridgehead atoms. The minimum Gasteiger partial charge on any atom is -0.474 e. The van der Waals surface area contributed by atoms with Crippen LogP contribution in [-0.4, -0.2) is 52.4 Å². The van der Waals surface area contributed by atoms with Gasteiger partial charge < -0.3 is 19.1 Å². The first kappa shape index (κ1) is 19.7. The standard InChI is InChI=1S/C20H31N3O4/c1-14(2)25-20(24)23-11-9-17(10-12-23)27-19-15(3)18(21-13-22-19)26-16-7-5-4-6-8-16/h13-14,16-17H,4-12H2,1-3H3. The Hall–Kier alpha value is -2.05. The second kappa shape index (κ2) is 9.24. The average Bonchev–Trinajstić information content (AvgIpc) is 2.66. The van der Waals surface area contributed by atoms with Crippen LogP contribution in [0.1, 0.15) is 64.4 Å². The fraction of sp³-hybridized carbons (Fsp3) is 0.750. The summed E-state index contributed by atoms with van der Waals surface area (Å²) in [5, 5.41) is 0. The van der Waals surface area contributed by atoms with Gasteiger partial charge in [-0.2, -0.15) is 0 Å². The Morgan fingerprint density at radius 2 is 1.56 bits per heavy atom. The van der Waals surface area contributed by atoms with Crippen molar-refractivity contribution in [1.82, 2.24) is 14.9 Å². The summed E-state index contributed by atoms with van der Waals surface area (Å²) >= 11 is 0. The van der Waals surface area contributed by atoms with E-state index in [9.17, 15) is 4.79 Å². The van der Waals surface area contributed by atoms with Crippen molar-refractivity contribution in [1.29, 1.82) is 0 Å². The third kappa shape index (κ3) is 5.47. The molecule has 0 N–H and O–H groups in total. The molecule has 1 aromatic rings. The number of ether oxygens (including phenoxy) is 3. The Balaban J connectivity index is 1.54. The van der Waals surface area contributed by atoms with E-state index < -0.39 is 0 Å². The van der Waals surface area contributed by atoms with Crippen LogP contribution < -0.4 is 9.47 Å². The van der Waals surface area contributed by atoms with Crippen LogP contribution in [0.3, 0.4) is 0 Å². The molecule has 1 aliphatic heterocycles. The van der Waals surface area contributed by atoms with Crippen molar-refractivity contribution >= 4 is 6.09 Å². The minimum absolute atomic E-state index is 0.0317. The molecular weight excluding hydrogens is 346 g/mol. The zero-order valence-corrected chi connectivity index (χ0v) is 16.6. The Labute approximate surface area is 161 Å². The summed E-state index contributed by atoms with van der Waals surface area (Å²) in [5.74, 6) is 1.21. The summed E-state index contributed by atoms with van der Waals surface area (Å²) in [6.07, 6.45) is 8.87. The number of carbonyl (C=O) groups is 1. The molecule has 150 valence electrons. The van der Waals surface area contributed by atoms with E-state index in [0.717, 1.165) is 31.2 Å². The van der Waals surface area contributed by atoms with Crippen molar-refractivity contribution in [3.05, 3.63) is 11.9 Å². The van der Waals surface area contributed by atoms with Gasteiger partial charge in [0.2, 0.25) is 11.8 Å². The molecular formula is C20H31N3O4. The normalized spacial score (nSPS) is 19.2. The molecule has 2 heterocycles. The van der Waals surface area contributed by atoms with Gasteiger partial charge in [-0.05, 0) is 46.5 Å². The number of piperidine rings is 1. The quantitative estimate of drug-likeness (QED) is 0.775. The lowest BCUT2D eigenvalue weighted by Crippen LogP contribution is -2.42. The van der Waals surface area contributed by atoms with Crippen LogP contribution >= 0.6 is 0 Å². The second-order valence-corrected chi connectivity index (χ2v) is 7.72. The number of hydrogen-bond donors (Lipinski definition) is 0. The molecule has 1 amide bonds. The van der Waals surface area contributed by atoms with E-state index in [2.05, 4.69) is 9.97 Å². The summed E-state index contributed by atoms with van der Waals surface area (Å²) in [6.45, 7) is 6.93. The number of amides is 1. The summed E-state index contributed by atoms with van der Waals surface area (Å²) in [7, 11) is 0. The van der Waals surface area contributed by atoms with Crippen LogP contribution in [0, 0.1) is 6.92 Å². The Kier molecular flexibility index (Phi) is 6.74. The van der Waals surface area contributed by atoms with Gasteiger partial charge in [-0.1, -0.05) is 6.42 Å². The molecule has 0 radical (unpaired) electrons. The number of likely N-dealkylation sites (tertiary alicyclic amines) is 1. The first-order valence-corrected chi connectivity index (χ1v) is 10.1. The number of nitrogens with zero attached hydrogens (tertiary/aromatic N) is 3. The highest BCUT2D eigenvalue weighted by Crippen LogP contribution is 2.29. The molecule has 1 saturated heterocycles. The summed E-state index contributed by atoms with van der Waals surface area (Å²) in [5.41, 5.74) is 0.852. The molecule has 0 unspecified atom stereocenters. The SMILES string of the molecule is Cc1c(OC2CCCCC2)ncnc1OC1CCN(C(=O)OC(C)C)CC1. The van der Waals surface area contributed by atoms with Crippen molar-refractivity contribution in [2.45, 2.75) is 84.0 Å². The second-order valence-electron chi connectivity index (χ2n) is 7.72. The van der Waals surface area contributed by atoms with E-state index in [1.165, 1.54) is 25.6 Å². The summed E-state index contributed by atoms with van der Waals surface area (Å²) in [4.78, 5) is 22.3. The third-order valence-electron chi connectivity index (χ3n) is 5.14. The first-order valence-electron chi connectivity index (χ1n) is 10.1. The number of hydrogen-bond acceptors (Lipinski definition) is 6. The molecule has 0 spiro atoms. The average molecular weight is 377 g/mol. The minimum atomic E-state index is -0.246. The molecule has 27 heavy (non-hydrogen) atoms. The van der Waals surface area contributed by atoms with E-state index in [1.807, 2.05) is 20.8 Å². The lowest BCUT2D eigenvalue weighted by molar-refractivity contribution is 0.0503. The molecule has 0 atom stereocenters. The predicted octanol–water partition coefficient (Wildman–Crippen LogP) is 3.88. The molecule has 2 aliphatic rings. The van der Waals surface area contributed by atoms with E-state index in [0.29, 0.717) is 24.8 Å². The van der Waals surface area contributed by atoms with Crippen molar-refractivity contribution in [3.8, 4) is 11.8 Å². The topological polar surface area (TPSA) is 73.8 Å². The van der Waals surface area contributed by atoms with E-state index in [-0.39, 0.29) is 24.4 Å². The fourth-order valence-electron chi connectivity index (χ4n) is 3.59. The molecule has 7 heteroatoms. The molecule has 0 aromatic carbocycles. The van der Waals surface area contributed by atoms with Gasteiger partial charge in [-0.3, -0.25) is 0 Å². The van der Waals surface area contributed by atoms with Crippen LogP contribution in [0.15, 0.2) is 6.33 Å². The molecule has 1 aliphatic carbocycles. The lowest BCUT2D eigenvalue weighted by atomic mass is 9.98. The molecule has 2 fully saturated rings. The fourth-order valence-corrected chi connectivity index (χ4v) is 3.59. The van der Waals surface area contributed by atoms with Crippen molar-refractivity contribution in [3.63, 3.8) is 0 Å².